The van der Waals surface area contributed by atoms with E-state index in [0.29, 0.717) is 23.1 Å². The van der Waals surface area contributed by atoms with Gasteiger partial charge in [-0.3, -0.25) is 4.79 Å². The highest BCUT2D eigenvalue weighted by atomic mass is 35.5. The summed E-state index contributed by atoms with van der Waals surface area (Å²) in [5.41, 5.74) is 1.96. The van der Waals surface area contributed by atoms with Crippen LogP contribution in [0.1, 0.15) is 16.2 Å². The van der Waals surface area contributed by atoms with E-state index in [4.69, 9.17) is 11.6 Å². The number of nitrogens with zero attached hydrogens (tertiary/aromatic N) is 4. The van der Waals surface area contributed by atoms with Crippen LogP contribution in [0.25, 0.3) is 5.65 Å². The lowest BCUT2D eigenvalue weighted by atomic mass is 10.3. The van der Waals surface area contributed by atoms with Gasteiger partial charge in [0.2, 0.25) is 0 Å². The Labute approximate surface area is 138 Å². The van der Waals surface area contributed by atoms with E-state index in [-0.39, 0.29) is 5.91 Å². The molecule has 0 saturated carbocycles. The number of nitrogens with one attached hydrogen (secondary N) is 1. The number of carbonyl (C=O) groups excluding carboxylic acids is 1. The van der Waals surface area contributed by atoms with Crippen molar-refractivity contribution in [3.05, 3.63) is 59.1 Å². The van der Waals surface area contributed by atoms with Gasteiger partial charge in [-0.15, -0.1) is 0 Å². The van der Waals surface area contributed by atoms with Gasteiger partial charge < -0.3 is 14.6 Å². The molecule has 0 aliphatic carbocycles. The maximum atomic E-state index is 12.6. The number of imidazole rings is 1. The van der Waals surface area contributed by atoms with E-state index in [1.807, 2.05) is 47.8 Å². The van der Waals surface area contributed by atoms with Crippen molar-refractivity contribution in [2.24, 2.45) is 0 Å². The van der Waals surface area contributed by atoms with Crippen molar-refractivity contribution in [1.29, 1.82) is 0 Å². The third-order valence-electron chi connectivity index (χ3n) is 3.28. The molecule has 1 N–H and O–H groups in total. The zero-order chi connectivity index (χ0) is 16.4. The lowest BCUT2D eigenvalue weighted by Crippen LogP contribution is -2.19. The monoisotopic (exact) mass is 329 g/mol. The largest absolute Gasteiger partial charge is 0.305 e. The average molecular weight is 330 g/mol. The van der Waals surface area contributed by atoms with Gasteiger partial charge in [0.1, 0.15) is 11.5 Å². The Kier molecular flexibility index (Phi) is 4.27. The van der Waals surface area contributed by atoms with Gasteiger partial charge in [-0.1, -0.05) is 17.7 Å². The van der Waals surface area contributed by atoms with Crippen LogP contribution in [0.5, 0.6) is 0 Å². The number of hydrogen-bond donors (Lipinski definition) is 1. The van der Waals surface area contributed by atoms with Gasteiger partial charge in [0.05, 0.1) is 10.7 Å². The summed E-state index contributed by atoms with van der Waals surface area (Å²) in [4.78, 5) is 23.1. The smallest absolute Gasteiger partial charge is 0.277 e. The molecule has 0 atom stereocenters. The lowest BCUT2D eigenvalue weighted by Gasteiger charge is -2.11. The fourth-order valence-corrected chi connectivity index (χ4v) is 2.42. The topological polar surface area (TPSA) is 62.5 Å². The van der Waals surface area contributed by atoms with Crippen LogP contribution in [0.2, 0.25) is 5.02 Å². The molecule has 0 bridgehead atoms. The minimum Gasteiger partial charge on any atom is -0.305 e. The number of fused-ring (bicyclic) bond motifs is 1. The normalized spacial score (nSPS) is 11.1. The third-order valence-corrected chi connectivity index (χ3v) is 3.50. The van der Waals surface area contributed by atoms with Crippen molar-refractivity contribution >= 4 is 29.0 Å². The fourth-order valence-electron chi connectivity index (χ4n) is 2.30. The summed E-state index contributed by atoms with van der Waals surface area (Å²) < 4.78 is 1.92. The number of anilines is 1. The predicted octanol–water partition coefficient (Wildman–Crippen LogP) is 2.70. The maximum absolute atomic E-state index is 12.6. The minimum atomic E-state index is -0.291. The summed E-state index contributed by atoms with van der Waals surface area (Å²) in [5, 5.41) is 3.27. The van der Waals surface area contributed by atoms with Crippen LogP contribution in [-0.2, 0) is 6.54 Å². The van der Waals surface area contributed by atoms with E-state index in [0.717, 1.165) is 11.3 Å². The minimum absolute atomic E-state index is 0.291. The van der Waals surface area contributed by atoms with Crippen molar-refractivity contribution in [3.63, 3.8) is 0 Å². The fraction of sp³-hybridized carbons (Fsp3) is 0.188. The summed E-state index contributed by atoms with van der Waals surface area (Å²) in [6.07, 6.45) is 3.39. The predicted molar refractivity (Wildman–Crippen MR) is 89.8 cm³/mol. The Morgan fingerprint density at radius 3 is 2.83 bits per heavy atom. The molecule has 118 valence electrons. The SMILES string of the molecule is CN(C)Cc1c(C(=O)Nc2ccc(Cl)cn2)nc2ccccn12. The first-order valence-corrected chi connectivity index (χ1v) is 7.46. The highest BCUT2D eigenvalue weighted by Crippen LogP contribution is 2.16. The molecule has 6 nitrogen and oxygen atoms in total. The molecular formula is C16H16ClN5O. The molecule has 0 aliphatic heterocycles. The molecule has 3 heterocycles. The van der Waals surface area contributed by atoms with E-state index in [1.165, 1.54) is 6.20 Å². The Balaban J connectivity index is 1.97. The van der Waals surface area contributed by atoms with Gasteiger partial charge in [-0.25, -0.2) is 9.97 Å². The van der Waals surface area contributed by atoms with Crippen LogP contribution in [-0.4, -0.2) is 39.3 Å². The summed E-state index contributed by atoms with van der Waals surface area (Å²) in [5.74, 6) is 0.146. The molecule has 7 heteroatoms. The van der Waals surface area contributed by atoms with Crippen LogP contribution in [0.3, 0.4) is 0 Å². The molecule has 23 heavy (non-hydrogen) atoms. The Hall–Kier alpha value is -2.44. The highest BCUT2D eigenvalue weighted by Gasteiger charge is 2.19. The van der Waals surface area contributed by atoms with Gasteiger partial charge in [0.25, 0.3) is 5.91 Å². The van der Waals surface area contributed by atoms with Crippen molar-refractivity contribution in [2.45, 2.75) is 6.54 Å². The first-order chi connectivity index (χ1) is 11.0. The maximum Gasteiger partial charge on any atom is 0.277 e. The second kappa shape index (κ2) is 6.36. The number of pyridine rings is 2. The van der Waals surface area contributed by atoms with E-state index in [9.17, 15) is 4.79 Å². The first-order valence-electron chi connectivity index (χ1n) is 7.08. The molecule has 0 spiro atoms. The molecule has 3 rings (SSSR count). The molecule has 1 amide bonds. The van der Waals surface area contributed by atoms with Gasteiger partial charge >= 0.3 is 0 Å². The van der Waals surface area contributed by atoms with Gasteiger partial charge in [0, 0.05) is 18.9 Å². The molecule has 3 aromatic rings. The number of amides is 1. The van der Waals surface area contributed by atoms with Gasteiger partial charge in [-0.2, -0.15) is 0 Å². The number of halogens is 1. The molecular weight excluding hydrogens is 314 g/mol. The zero-order valence-electron chi connectivity index (χ0n) is 12.8. The summed E-state index contributed by atoms with van der Waals surface area (Å²) in [6.45, 7) is 0.599. The second-order valence-corrected chi connectivity index (χ2v) is 5.83. The van der Waals surface area contributed by atoms with Crippen LogP contribution < -0.4 is 5.32 Å². The standard InChI is InChI=1S/C16H16ClN5O/c1-21(2)10-12-15(20-14-5-3-4-8-22(12)14)16(23)19-13-7-6-11(17)9-18-13/h3-9H,10H2,1-2H3,(H,18,19,23). The van der Waals surface area contributed by atoms with E-state index < -0.39 is 0 Å². The van der Waals surface area contributed by atoms with Crippen molar-refractivity contribution in [2.75, 3.05) is 19.4 Å². The molecule has 0 aliphatic rings. The first kappa shape index (κ1) is 15.5. The summed E-state index contributed by atoms with van der Waals surface area (Å²) >= 11 is 5.80. The van der Waals surface area contributed by atoms with Gasteiger partial charge in [0.15, 0.2) is 5.69 Å². The van der Waals surface area contributed by atoms with Crippen LogP contribution in [0.15, 0.2) is 42.7 Å². The van der Waals surface area contributed by atoms with E-state index >= 15 is 0 Å². The molecule has 0 radical (unpaired) electrons. The summed E-state index contributed by atoms with van der Waals surface area (Å²) in [6, 6.07) is 9.01. The van der Waals surface area contributed by atoms with E-state index in [1.54, 1.807) is 12.1 Å². The second-order valence-electron chi connectivity index (χ2n) is 5.39. The van der Waals surface area contributed by atoms with Gasteiger partial charge in [-0.05, 0) is 38.4 Å². The van der Waals surface area contributed by atoms with E-state index in [2.05, 4.69) is 15.3 Å². The Morgan fingerprint density at radius 2 is 2.13 bits per heavy atom. The Bertz CT molecular complexity index is 841. The Morgan fingerprint density at radius 1 is 1.30 bits per heavy atom. The zero-order valence-corrected chi connectivity index (χ0v) is 13.6. The lowest BCUT2D eigenvalue weighted by molar-refractivity contribution is 0.102. The quantitative estimate of drug-likeness (QED) is 0.799. The molecule has 0 aromatic carbocycles. The number of rotatable bonds is 4. The molecule has 0 unspecified atom stereocenters. The third kappa shape index (κ3) is 3.33. The summed E-state index contributed by atoms with van der Waals surface area (Å²) in [7, 11) is 3.90. The molecule has 3 aromatic heterocycles. The highest BCUT2D eigenvalue weighted by molar-refractivity contribution is 6.30. The van der Waals surface area contributed by atoms with Crippen molar-refractivity contribution in [3.8, 4) is 0 Å². The number of aromatic nitrogens is 3. The molecule has 0 fully saturated rings. The molecule has 0 saturated heterocycles. The van der Waals surface area contributed by atoms with Crippen molar-refractivity contribution < 1.29 is 4.79 Å². The average Bonchev–Trinajstić information content (AvgIpc) is 2.88. The number of carbonyl (C=O) groups is 1. The van der Waals surface area contributed by atoms with Crippen LogP contribution >= 0.6 is 11.6 Å². The van der Waals surface area contributed by atoms with Crippen LogP contribution in [0, 0.1) is 0 Å². The van der Waals surface area contributed by atoms with Crippen LogP contribution in [0.4, 0.5) is 5.82 Å². The number of hydrogen-bond acceptors (Lipinski definition) is 4. The van der Waals surface area contributed by atoms with Crippen molar-refractivity contribution in [1.82, 2.24) is 19.3 Å².